The average Bonchev–Trinajstić information content (AvgIpc) is 2.33. The predicted molar refractivity (Wildman–Crippen MR) is 77.6 cm³/mol. The largest absolute Gasteiger partial charge is 0.369 e. The first kappa shape index (κ1) is 12.9. The Hall–Kier alpha value is -0.540. The van der Waals surface area contributed by atoms with Crippen molar-refractivity contribution in [3.05, 3.63) is 28.2 Å². The Morgan fingerprint density at radius 1 is 1.41 bits per heavy atom. The summed E-state index contributed by atoms with van der Waals surface area (Å²) in [6.07, 6.45) is 4.01. The van der Waals surface area contributed by atoms with E-state index >= 15 is 0 Å². The number of piperidine rings is 1. The monoisotopic (exact) mass is 296 g/mol. The molecule has 1 aromatic rings. The molecule has 1 aliphatic heterocycles. The summed E-state index contributed by atoms with van der Waals surface area (Å²) >= 11 is 3.67. The van der Waals surface area contributed by atoms with Crippen LogP contribution in [0.4, 0.5) is 5.69 Å². The molecule has 0 aromatic heterocycles. The van der Waals surface area contributed by atoms with Gasteiger partial charge in [0.1, 0.15) is 0 Å². The lowest BCUT2D eigenvalue weighted by Crippen LogP contribution is -2.37. The summed E-state index contributed by atoms with van der Waals surface area (Å²) in [5.41, 5.74) is 2.67. The molecular weight excluding hydrogens is 276 g/mol. The predicted octanol–water partition coefficient (Wildman–Crippen LogP) is 3.55. The van der Waals surface area contributed by atoms with E-state index in [4.69, 9.17) is 0 Å². The highest BCUT2D eigenvalue weighted by molar-refractivity contribution is 9.10. The maximum atomic E-state index is 3.67. The lowest BCUT2D eigenvalue weighted by atomic mass is 10.0. The molecule has 17 heavy (non-hydrogen) atoms. The van der Waals surface area contributed by atoms with Crippen LogP contribution < -0.4 is 10.2 Å². The zero-order valence-corrected chi connectivity index (χ0v) is 12.3. The number of nitrogens with one attached hydrogen (secondary N) is 1. The van der Waals surface area contributed by atoms with Crippen LogP contribution in [-0.2, 0) is 6.54 Å². The van der Waals surface area contributed by atoms with Crippen LogP contribution in [0.1, 0.15) is 31.7 Å². The van der Waals surface area contributed by atoms with Crippen LogP contribution in [0.5, 0.6) is 0 Å². The SMILES string of the molecule is CNCc1ccc(N2CCCCC2C)cc1Br. The fourth-order valence-corrected chi connectivity index (χ4v) is 3.04. The van der Waals surface area contributed by atoms with Crippen LogP contribution in [0.2, 0.25) is 0 Å². The van der Waals surface area contributed by atoms with Gasteiger partial charge in [-0.05, 0) is 50.9 Å². The summed E-state index contributed by atoms with van der Waals surface area (Å²) in [6.45, 7) is 4.43. The highest BCUT2D eigenvalue weighted by atomic mass is 79.9. The second-order valence-electron chi connectivity index (χ2n) is 4.84. The zero-order valence-electron chi connectivity index (χ0n) is 10.7. The molecule has 1 fully saturated rings. The van der Waals surface area contributed by atoms with E-state index in [1.165, 1.54) is 41.5 Å². The quantitative estimate of drug-likeness (QED) is 0.918. The van der Waals surface area contributed by atoms with E-state index in [9.17, 15) is 0 Å². The molecule has 0 radical (unpaired) electrons. The summed E-state index contributed by atoms with van der Waals surface area (Å²) in [5.74, 6) is 0. The van der Waals surface area contributed by atoms with Gasteiger partial charge in [-0.1, -0.05) is 22.0 Å². The van der Waals surface area contributed by atoms with E-state index in [1.807, 2.05) is 7.05 Å². The smallest absolute Gasteiger partial charge is 0.0380 e. The lowest BCUT2D eigenvalue weighted by Gasteiger charge is -2.35. The van der Waals surface area contributed by atoms with Crippen molar-refractivity contribution in [2.75, 3.05) is 18.5 Å². The molecular formula is C14H21BrN2. The van der Waals surface area contributed by atoms with Gasteiger partial charge in [0.15, 0.2) is 0 Å². The molecule has 3 heteroatoms. The number of hydrogen-bond acceptors (Lipinski definition) is 2. The molecule has 1 heterocycles. The van der Waals surface area contributed by atoms with Crippen LogP contribution in [0.25, 0.3) is 0 Å². The van der Waals surface area contributed by atoms with Gasteiger partial charge in [-0.25, -0.2) is 0 Å². The summed E-state index contributed by atoms with van der Waals surface area (Å²) in [6, 6.07) is 7.40. The first-order valence-corrected chi connectivity index (χ1v) is 7.21. The highest BCUT2D eigenvalue weighted by Crippen LogP contribution is 2.28. The highest BCUT2D eigenvalue weighted by Gasteiger charge is 2.18. The Kier molecular flexibility index (Phi) is 4.46. The summed E-state index contributed by atoms with van der Waals surface area (Å²) in [5, 5.41) is 3.19. The van der Waals surface area contributed by atoms with Crippen molar-refractivity contribution in [1.82, 2.24) is 5.32 Å². The number of nitrogens with zero attached hydrogens (tertiary/aromatic N) is 1. The fraction of sp³-hybridized carbons (Fsp3) is 0.571. The molecule has 1 aliphatic rings. The molecule has 1 atom stereocenters. The Bertz CT molecular complexity index is 378. The number of hydrogen-bond donors (Lipinski definition) is 1. The van der Waals surface area contributed by atoms with Crippen molar-refractivity contribution >= 4 is 21.6 Å². The van der Waals surface area contributed by atoms with Gasteiger partial charge < -0.3 is 10.2 Å². The molecule has 94 valence electrons. The minimum absolute atomic E-state index is 0.672. The first-order chi connectivity index (χ1) is 8.22. The average molecular weight is 297 g/mol. The Labute approximate surface area is 113 Å². The van der Waals surface area contributed by atoms with Crippen molar-refractivity contribution in [3.8, 4) is 0 Å². The van der Waals surface area contributed by atoms with E-state index in [1.54, 1.807) is 0 Å². The molecule has 1 aromatic carbocycles. The number of halogens is 1. The number of rotatable bonds is 3. The topological polar surface area (TPSA) is 15.3 Å². The molecule has 2 rings (SSSR count). The van der Waals surface area contributed by atoms with Crippen molar-refractivity contribution in [2.45, 2.75) is 38.8 Å². The van der Waals surface area contributed by atoms with Crippen molar-refractivity contribution < 1.29 is 0 Å². The van der Waals surface area contributed by atoms with Gasteiger partial charge in [0.25, 0.3) is 0 Å². The van der Waals surface area contributed by atoms with Crippen molar-refractivity contribution in [1.29, 1.82) is 0 Å². The Morgan fingerprint density at radius 3 is 2.88 bits per heavy atom. The molecule has 0 bridgehead atoms. The summed E-state index contributed by atoms with van der Waals surface area (Å²) in [7, 11) is 1.98. The molecule has 1 N–H and O–H groups in total. The summed E-state index contributed by atoms with van der Waals surface area (Å²) < 4.78 is 1.21. The third kappa shape index (κ3) is 3.02. The zero-order chi connectivity index (χ0) is 12.3. The van der Waals surface area contributed by atoms with Crippen molar-refractivity contribution in [2.24, 2.45) is 0 Å². The van der Waals surface area contributed by atoms with Crippen LogP contribution in [0.3, 0.4) is 0 Å². The van der Waals surface area contributed by atoms with Crippen LogP contribution in [-0.4, -0.2) is 19.6 Å². The number of anilines is 1. The van der Waals surface area contributed by atoms with Crippen molar-refractivity contribution in [3.63, 3.8) is 0 Å². The van der Waals surface area contributed by atoms with Gasteiger partial charge in [-0.3, -0.25) is 0 Å². The van der Waals surface area contributed by atoms with Crippen LogP contribution in [0, 0.1) is 0 Å². The minimum Gasteiger partial charge on any atom is -0.369 e. The van der Waals surface area contributed by atoms with Gasteiger partial charge in [-0.2, -0.15) is 0 Å². The summed E-state index contributed by atoms with van der Waals surface area (Å²) in [4.78, 5) is 2.53. The second kappa shape index (κ2) is 5.87. The van der Waals surface area contributed by atoms with Crippen LogP contribution in [0.15, 0.2) is 22.7 Å². The van der Waals surface area contributed by atoms with Gasteiger partial charge >= 0.3 is 0 Å². The molecule has 0 aliphatic carbocycles. The lowest BCUT2D eigenvalue weighted by molar-refractivity contribution is 0.485. The molecule has 2 nitrogen and oxygen atoms in total. The van der Waals surface area contributed by atoms with E-state index in [-0.39, 0.29) is 0 Å². The molecule has 0 spiro atoms. The van der Waals surface area contributed by atoms with Gasteiger partial charge in [0, 0.05) is 29.3 Å². The normalized spacial score (nSPS) is 20.6. The number of benzene rings is 1. The second-order valence-corrected chi connectivity index (χ2v) is 5.70. The van der Waals surface area contributed by atoms with Gasteiger partial charge in [0.2, 0.25) is 0 Å². The van der Waals surface area contributed by atoms with E-state index in [0.717, 1.165) is 6.54 Å². The third-order valence-corrected chi connectivity index (χ3v) is 4.28. The van der Waals surface area contributed by atoms with Crippen LogP contribution >= 0.6 is 15.9 Å². The van der Waals surface area contributed by atoms with Gasteiger partial charge in [-0.15, -0.1) is 0 Å². The fourth-order valence-electron chi connectivity index (χ4n) is 2.53. The maximum absolute atomic E-state index is 3.67. The minimum atomic E-state index is 0.672. The maximum Gasteiger partial charge on any atom is 0.0380 e. The molecule has 1 saturated heterocycles. The Morgan fingerprint density at radius 2 is 2.24 bits per heavy atom. The standard InChI is InChI=1S/C14H21BrN2/c1-11-5-3-4-8-17(11)13-7-6-12(10-16-2)14(15)9-13/h6-7,9,11,16H,3-5,8,10H2,1-2H3. The van der Waals surface area contributed by atoms with E-state index in [0.29, 0.717) is 6.04 Å². The molecule has 1 unspecified atom stereocenters. The van der Waals surface area contributed by atoms with E-state index in [2.05, 4.69) is 51.3 Å². The molecule has 0 saturated carbocycles. The van der Waals surface area contributed by atoms with E-state index < -0.39 is 0 Å². The third-order valence-electron chi connectivity index (χ3n) is 3.54. The Balaban J connectivity index is 2.18. The first-order valence-electron chi connectivity index (χ1n) is 6.42. The molecule has 0 amide bonds. The van der Waals surface area contributed by atoms with Gasteiger partial charge in [0.05, 0.1) is 0 Å².